The molecule has 0 aliphatic rings. The molecule has 0 heterocycles. The summed E-state index contributed by atoms with van der Waals surface area (Å²) in [5.74, 6) is -3.31. The van der Waals surface area contributed by atoms with Gasteiger partial charge in [0.05, 0.1) is 29.6 Å². The Balaban J connectivity index is 2.91. The Hall–Kier alpha value is -1.56. The van der Waals surface area contributed by atoms with Crippen LogP contribution in [0.25, 0.3) is 0 Å². The topological polar surface area (TPSA) is 96.0 Å². The van der Waals surface area contributed by atoms with Crippen LogP contribution in [0, 0.1) is 11.3 Å². The Morgan fingerprint density at radius 1 is 1.44 bits per heavy atom. The van der Waals surface area contributed by atoms with Crippen LogP contribution in [0.5, 0.6) is 0 Å². The minimum atomic E-state index is -4.07. The molecule has 3 N–H and O–H groups in total. The van der Waals surface area contributed by atoms with Gasteiger partial charge in [-0.05, 0) is 18.2 Å². The number of sulfonamides is 1. The van der Waals surface area contributed by atoms with Crippen LogP contribution in [0.4, 0.5) is 8.78 Å². The number of halogens is 2. The predicted octanol–water partition coefficient (Wildman–Crippen LogP) is 0.431. The number of nitrogens with zero attached hydrogens (tertiary/aromatic N) is 1. The molecule has 8 heteroatoms. The summed E-state index contributed by atoms with van der Waals surface area (Å²) in [5.41, 5.74) is 4.92. The average Bonchev–Trinajstić information content (AvgIpc) is 2.37. The molecule has 98 valence electrons. The summed E-state index contributed by atoms with van der Waals surface area (Å²) in [6.07, 6.45) is 0. The molecule has 0 unspecified atom stereocenters. The molecule has 0 aliphatic heterocycles. The van der Waals surface area contributed by atoms with E-state index in [0.717, 1.165) is 6.07 Å². The van der Waals surface area contributed by atoms with Gasteiger partial charge in [-0.25, -0.2) is 21.9 Å². The molecule has 0 aromatic heterocycles. The van der Waals surface area contributed by atoms with E-state index >= 15 is 0 Å². The van der Waals surface area contributed by atoms with Crippen LogP contribution >= 0.6 is 0 Å². The molecule has 0 aliphatic carbocycles. The normalized spacial score (nSPS) is 12.1. The Morgan fingerprint density at radius 2 is 2.11 bits per heavy atom. The summed E-state index contributed by atoms with van der Waals surface area (Å²) < 4.78 is 50.8. The van der Waals surface area contributed by atoms with E-state index in [0.29, 0.717) is 0 Å². The van der Waals surface area contributed by atoms with Gasteiger partial charge in [0.1, 0.15) is 0 Å². The molecule has 1 aromatic rings. The van der Waals surface area contributed by atoms with Crippen molar-refractivity contribution in [3.63, 3.8) is 0 Å². The summed E-state index contributed by atoms with van der Waals surface area (Å²) in [6.45, 7) is -2.03. The maximum absolute atomic E-state index is 12.8. The predicted molar refractivity (Wildman–Crippen MR) is 60.3 cm³/mol. The zero-order valence-electron chi connectivity index (χ0n) is 9.23. The molecule has 0 bridgehead atoms. The third-order valence-corrected chi connectivity index (χ3v) is 3.49. The van der Waals surface area contributed by atoms with E-state index in [9.17, 15) is 17.2 Å². The monoisotopic (exact) mass is 275 g/mol. The van der Waals surface area contributed by atoms with Crippen molar-refractivity contribution in [2.24, 2.45) is 5.73 Å². The molecule has 18 heavy (non-hydrogen) atoms. The van der Waals surface area contributed by atoms with Crippen molar-refractivity contribution in [1.82, 2.24) is 4.72 Å². The smallest absolute Gasteiger partial charge is 0.273 e. The lowest BCUT2D eigenvalue weighted by Gasteiger charge is -2.14. The largest absolute Gasteiger partial charge is 0.325 e. The van der Waals surface area contributed by atoms with Crippen molar-refractivity contribution in [2.45, 2.75) is 10.8 Å². The minimum Gasteiger partial charge on any atom is -0.325 e. The minimum absolute atomic E-state index is 0.128. The van der Waals surface area contributed by atoms with Gasteiger partial charge >= 0.3 is 0 Å². The first-order valence-corrected chi connectivity index (χ1v) is 6.37. The fourth-order valence-electron chi connectivity index (χ4n) is 1.09. The molecule has 1 aromatic carbocycles. The van der Waals surface area contributed by atoms with Crippen molar-refractivity contribution in [1.29, 1.82) is 5.26 Å². The van der Waals surface area contributed by atoms with Crippen molar-refractivity contribution < 1.29 is 17.2 Å². The molecule has 0 amide bonds. The highest BCUT2D eigenvalue weighted by atomic mass is 32.2. The molecule has 0 spiro atoms. The van der Waals surface area contributed by atoms with Gasteiger partial charge < -0.3 is 5.73 Å². The SMILES string of the molecule is N#Cc1cccc(S(=O)(=O)NCC(F)(F)CN)c1. The fourth-order valence-corrected chi connectivity index (χ4v) is 2.20. The Labute approximate surface area is 103 Å². The number of hydrogen-bond donors (Lipinski definition) is 2. The summed E-state index contributed by atoms with van der Waals surface area (Å²) in [6, 6.07) is 6.84. The summed E-state index contributed by atoms with van der Waals surface area (Å²) in [4.78, 5) is -0.241. The molecule has 1 rings (SSSR count). The maximum atomic E-state index is 12.8. The standard InChI is InChI=1S/C10H11F2N3O2S/c11-10(12,6-14)7-15-18(16,17)9-3-1-2-8(4-9)5-13/h1-4,15H,6-7,14H2. The van der Waals surface area contributed by atoms with Crippen LogP contribution < -0.4 is 10.5 Å². The third-order valence-electron chi connectivity index (χ3n) is 2.09. The van der Waals surface area contributed by atoms with E-state index in [4.69, 9.17) is 11.0 Å². The van der Waals surface area contributed by atoms with Crippen molar-refractivity contribution in [3.8, 4) is 6.07 Å². The molecule has 0 fully saturated rings. The van der Waals surface area contributed by atoms with E-state index in [1.807, 2.05) is 0 Å². The lowest BCUT2D eigenvalue weighted by Crippen LogP contribution is -2.41. The Morgan fingerprint density at radius 3 is 2.67 bits per heavy atom. The van der Waals surface area contributed by atoms with Gasteiger partial charge in [-0.1, -0.05) is 6.07 Å². The Bertz CT molecular complexity index is 567. The van der Waals surface area contributed by atoms with Gasteiger partial charge in [-0.2, -0.15) is 5.26 Å². The van der Waals surface area contributed by atoms with Crippen LogP contribution in [0.1, 0.15) is 5.56 Å². The quantitative estimate of drug-likeness (QED) is 0.814. The first-order chi connectivity index (χ1) is 8.30. The zero-order valence-corrected chi connectivity index (χ0v) is 10.0. The second-order valence-electron chi connectivity index (χ2n) is 3.52. The van der Waals surface area contributed by atoms with Crippen LogP contribution in [-0.4, -0.2) is 27.4 Å². The van der Waals surface area contributed by atoms with Crippen molar-refractivity contribution in [3.05, 3.63) is 29.8 Å². The fraction of sp³-hybridized carbons (Fsp3) is 0.300. The first-order valence-electron chi connectivity index (χ1n) is 4.88. The van der Waals surface area contributed by atoms with Gasteiger partial charge in [-0.3, -0.25) is 0 Å². The lowest BCUT2D eigenvalue weighted by molar-refractivity contribution is 0.0170. The highest BCUT2D eigenvalue weighted by Gasteiger charge is 2.29. The van der Waals surface area contributed by atoms with Gasteiger partial charge in [0.15, 0.2) is 0 Å². The van der Waals surface area contributed by atoms with Crippen LogP contribution in [0.2, 0.25) is 0 Å². The van der Waals surface area contributed by atoms with Gasteiger partial charge in [0, 0.05) is 0 Å². The molecule has 0 radical (unpaired) electrons. The highest BCUT2D eigenvalue weighted by Crippen LogP contribution is 2.14. The second-order valence-corrected chi connectivity index (χ2v) is 5.29. The number of alkyl halides is 2. The molecule has 5 nitrogen and oxygen atoms in total. The molecular formula is C10H11F2N3O2S. The van der Waals surface area contributed by atoms with Crippen LogP contribution in [-0.2, 0) is 10.0 Å². The zero-order chi connectivity index (χ0) is 13.8. The van der Waals surface area contributed by atoms with Gasteiger partial charge in [0.2, 0.25) is 10.0 Å². The van der Waals surface area contributed by atoms with Crippen molar-refractivity contribution >= 4 is 10.0 Å². The summed E-state index contributed by atoms with van der Waals surface area (Å²) >= 11 is 0. The number of benzene rings is 1. The van der Waals surface area contributed by atoms with E-state index in [1.165, 1.54) is 18.2 Å². The molecule has 0 saturated heterocycles. The molecule has 0 saturated carbocycles. The first kappa shape index (κ1) is 14.5. The number of nitrogens with two attached hydrogens (primary N) is 1. The molecule has 0 atom stereocenters. The van der Waals surface area contributed by atoms with E-state index in [2.05, 4.69) is 0 Å². The van der Waals surface area contributed by atoms with Crippen LogP contribution in [0.15, 0.2) is 29.2 Å². The maximum Gasteiger partial charge on any atom is 0.273 e. The van der Waals surface area contributed by atoms with Gasteiger partial charge in [0.25, 0.3) is 5.92 Å². The second kappa shape index (κ2) is 5.39. The van der Waals surface area contributed by atoms with Crippen molar-refractivity contribution in [2.75, 3.05) is 13.1 Å². The summed E-state index contributed by atoms with van der Waals surface area (Å²) in [7, 11) is -4.07. The average molecular weight is 275 g/mol. The lowest BCUT2D eigenvalue weighted by atomic mass is 10.2. The number of rotatable bonds is 5. The highest BCUT2D eigenvalue weighted by molar-refractivity contribution is 7.89. The summed E-state index contributed by atoms with van der Waals surface area (Å²) in [5, 5.41) is 8.62. The van der Waals surface area contributed by atoms with Crippen LogP contribution in [0.3, 0.4) is 0 Å². The number of nitrogens with one attached hydrogen (secondary N) is 1. The third kappa shape index (κ3) is 3.73. The van der Waals surface area contributed by atoms with E-state index in [1.54, 1.807) is 10.8 Å². The van der Waals surface area contributed by atoms with Gasteiger partial charge in [-0.15, -0.1) is 0 Å². The number of nitriles is 1. The number of hydrogen-bond acceptors (Lipinski definition) is 4. The Kier molecular flexibility index (Phi) is 4.34. The van der Waals surface area contributed by atoms with E-state index < -0.39 is 29.0 Å². The van der Waals surface area contributed by atoms with E-state index in [-0.39, 0.29) is 10.5 Å². The molecular weight excluding hydrogens is 264 g/mol.